The molecule has 5 heterocycles. The average molecular weight is 412 g/mol. The zero-order valence-electron chi connectivity index (χ0n) is 18.0. The maximum atomic E-state index is 12.8. The monoisotopic (exact) mass is 411 g/mol. The van der Waals surface area contributed by atoms with Gasteiger partial charge in [-0.2, -0.15) is 0 Å². The number of anilines is 1. The maximum Gasteiger partial charge on any atom is 0.255 e. The molecule has 3 atom stereocenters. The molecule has 30 heavy (non-hydrogen) atoms. The normalized spacial score (nSPS) is 29.7. The van der Waals surface area contributed by atoms with E-state index in [2.05, 4.69) is 26.6 Å². The summed E-state index contributed by atoms with van der Waals surface area (Å²) in [5.41, 5.74) is 0.685. The molecule has 4 saturated heterocycles. The average Bonchev–Trinajstić information content (AvgIpc) is 2.79. The summed E-state index contributed by atoms with van der Waals surface area (Å²) < 4.78 is 0. The van der Waals surface area contributed by atoms with Gasteiger partial charge in [0.2, 0.25) is 5.91 Å². The maximum absolute atomic E-state index is 12.8. The standard InChI is InChI=1S/C23H33N5O2/c1-2-25-8-10-26(11-9-25)23(30)18-6-7-21(24-13-18)27-14-17-12-19(16-27)20-4-3-5-22(29)28(20)15-17/h6-7,13,17,19-20H,2-5,8-12,14-16H2,1H3/t17-,19-,20-/m1/s1. The number of rotatable bonds is 3. The minimum atomic E-state index is 0.0941. The van der Waals surface area contributed by atoms with Crippen molar-refractivity contribution in [2.75, 3.05) is 57.3 Å². The Kier molecular flexibility index (Phi) is 5.39. The van der Waals surface area contributed by atoms with E-state index in [0.717, 1.165) is 77.4 Å². The molecule has 0 spiro atoms. The third-order valence-corrected chi connectivity index (χ3v) is 7.61. The molecule has 4 aliphatic rings. The third kappa shape index (κ3) is 3.68. The van der Waals surface area contributed by atoms with Crippen LogP contribution in [0.25, 0.3) is 0 Å². The van der Waals surface area contributed by atoms with E-state index in [0.29, 0.717) is 29.3 Å². The second-order valence-corrected chi connectivity index (χ2v) is 9.40. The number of carbonyl (C=O) groups is 2. The van der Waals surface area contributed by atoms with E-state index in [1.165, 1.54) is 6.42 Å². The first-order valence-corrected chi connectivity index (χ1v) is 11.6. The molecule has 0 aromatic carbocycles. The highest BCUT2D eigenvalue weighted by molar-refractivity contribution is 5.94. The van der Waals surface area contributed by atoms with Crippen LogP contribution < -0.4 is 4.90 Å². The van der Waals surface area contributed by atoms with E-state index in [-0.39, 0.29) is 5.91 Å². The summed E-state index contributed by atoms with van der Waals surface area (Å²) in [6, 6.07) is 4.37. The number of pyridine rings is 1. The van der Waals surface area contributed by atoms with Gasteiger partial charge in [0.1, 0.15) is 5.82 Å². The summed E-state index contributed by atoms with van der Waals surface area (Å²) in [5.74, 6) is 2.49. The summed E-state index contributed by atoms with van der Waals surface area (Å²) in [6.45, 7) is 9.51. The molecule has 7 nitrogen and oxygen atoms in total. The number of piperazine rings is 1. The number of nitrogens with zero attached hydrogens (tertiary/aromatic N) is 5. The van der Waals surface area contributed by atoms with Crippen molar-refractivity contribution in [1.82, 2.24) is 19.7 Å². The Balaban J connectivity index is 1.24. The van der Waals surface area contributed by atoms with E-state index in [9.17, 15) is 9.59 Å². The molecule has 162 valence electrons. The van der Waals surface area contributed by atoms with Crippen molar-refractivity contribution in [2.45, 2.75) is 38.6 Å². The molecule has 2 bridgehead atoms. The molecule has 0 radical (unpaired) electrons. The van der Waals surface area contributed by atoms with E-state index in [1.54, 1.807) is 6.20 Å². The molecule has 2 amide bonds. The van der Waals surface area contributed by atoms with Gasteiger partial charge in [0.15, 0.2) is 0 Å². The first-order valence-electron chi connectivity index (χ1n) is 11.6. The fourth-order valence-corrected chi connectivity index (χ4v) is 5.95. The quantitative estimate of drug-likeness (QED) is 0.758. The highest BCUT2D eigenvalue weighted by atomic mass is 16.2. The van der Waals surface area contributed by atoms with Crippen LogP contribution in [0.3, 0.4) is 0 Å². The number of fused-ring (bicyclic) bond motifs is 4. The fourth-order valence-electron chi connectivity index (χ4n) is 5.95. The molecule has 1 aromatic heterocycles. The predicted molar refractivity (Wildman–Crippen MR) is 115 cm³/mol. The topological polar surface area (TPSA) is 60.0 Å². The lowest BCUT2D eigenvalue weighted by atomic mass is 9.76. The molecule has 0 aliphatic carbocycles. The second-order valence-electron chi connectivity index (χ2n) is 9.40. The lowest BCUT2D eigenvalue weighted by Crippen LogP contribution is -2.60. The van der Waals surface area contributed by atoms with Crippen molar-refractivity contribution in [3.63, 3.8) is 0 Å². The van der Waals surface area contributed by atoms with Gasteiger partial charge >= 0.3 is 0 Å². The van der Waals surface area contributed by atoms with Gasteiger partial charge in [-0.15, -0.1) is 0 Å². The van der Waals surface area contributed by atoms with Gasteiger partial charge in [0.05, 0.1) is 5.56 Å². The number of piperidine rings is 3. The minimum Gasteiger partial charge on any atom is -0.356 e. The Bertz CT molecular complexity index is 789. The molecule has 7 heteroatoms. The Morgan fingerprint density at radius 3 is 2.70 bits per heavy atom. The highest BCUT2D eigenvalue weighted by Gasteiger charge is 2.44. The fraction of sp³-hybridized carbons (Fsp3) is 0.696. The van der Waals surface area contributed by atoms with Crippen LogP contribution in [0.4, 0.5) is 5.82 Å². The summed E-state index contributed by atoms with van der Waals surface area (Å²) in [4.78, 5) is 38.7. The van der Waals surface area contributed by atoms with Crippen LogP contribution in [0.5, 0.6) is 0 Å². The van der Waals surface area contributed by atoms with E-state index in [1.807, 2.05) is 17.0 Å². The summed E-state index contributed by atoms with van der Waals surface area (Å²) >= 11 is 0. The lowest BCUT2D eigenvalue weighted by molar-refractivity contribution is -0.142. The molecule has 0 N–H and O–H groups in total. The molecule has 4 fully saturated rings. The number of hydrogen-bond donors (Lipinski definition) is 0. The number of hydrogen-bond acceptors (Lipinski definition) is 5. The van der Waals surface area contributed by atoms with Crippen molar-refractivity contribution in [3.05, 3.63) is 23.9 Å². The van der Waals surface area contributed by atoms with Gasteiger partial charge in [-0.1, -0.05) is 6.92 Å². The van der Waals surface area contributed by atoms with Crippen LogP contribution in [0.15, 0.2) is 18.3 Å². The number of amides is 2. The van der Waals surface area contributed by atoms with E-state index >= 15 is 0 Å². The number of aromatic nitrogens is 1. The molecule has 0 saturated carbocycles. The van der Waals surface area contributed by atoms with Gasteiger partial charge in [-0.05, 0) is 49.8 Å². The second kappa shape index (κ2) is 8.17. The third-order valence-electron chi connectivity index (χ3n) is 7.61. The molecular weight excluding hydrogens is 378 g/mol. The Hall–Kier alpha value is -2.15. The molecular formula is C23H33N5O2. The molecule has 4 aliphatic heterocycles. The Morgan fingerprint density at radius 1 is 1.13 bits per heavy atom. The lowest BCUT2D eigenvalue weighted by Gasteiger charge is -2.52. The highest BCUT2D eigenvalue weighted by Crippen LogP contribution is 2.38. The van der Waals surface area contributed by atoms with Gasteiger partial charge in [-0.3, -0.25) is 9.59 Å². The van der Waals surface area contributed by atoms with Gasteiger partial charge in [0, 0.05) is 64.5 Å². The van der Waals surface area contributed by atoms with Crippen molar-refractivity contribution in [2.24, 2.45) is 11.8 Å². The number of carbonyl (C=O) groups excluding carboxylic acids is 2. The van der Waals surface area contributed by atoms with Crippen molar-refractivity contribution < 1.29 is 9.59 Å². The first-order chi connectivity index (χ1) is 14.6. The van der Waals surface area contributed by atoms with Crippen LogP contribution in [-0.4, -0.2) is 89.9 Å². The van der Waals surface area contributed by atoms with Crippen LogP contribution in [0, 0.1) is 11.8 Å². The predicted octanol–water partition coefficient (Wildman–Crippen LogP) is 1.70. The summed E-state index contributed by atoms with van der Waals surface area (Å²) in [6.07, 6.45) is 5.88. The van der Waals surface area contributed by atoms with Crippen molar-refractivity contribution in [3.8, 4) is 0 Å². The van der Waals surface area contributed by atoms with Crippen molar-refractivity contribution >= 4 is 17.6 Å². The largest absolute Gasteiger partial charge is 0.356 e. The molecule has 1 aromatic rings. The summed E-state index contributed by atoms with van der Waals surface area (Å²) in [7, 11) is 0. The van der Waals surface area contributed by atoms with E-state index in [4.69, 9.17) is 0 Å². The summed E-state index contributed by atoms with van der Waals surface area (Å²) in [5, 5.41) is 0. The Morgan fingerprint density at radius 2 is 1.97 bits per heavy atom. The van der Waals surface area contributed by atoms with Gasteiger partial charge < -0.3 is 19.6 Å². The van der Waals surface area contributed by atoms with Gasteiger partial charge in [-0.25, -0.2) is 4.98 Å². The van der Waals surface area contributed by atoms with Crippen LogP contribution in [-0.2, 0) is 4.79 Å². The molecule has 0 unspecified atom stereocenters. The van der Waals surface area contributed by atoms with Gasteiger partial charge in [0.25, 0.3) is 5.91 Å². The SMILES string of the molecule is CCN1CCN(C(=O)c2ccc(N3C[C@H]4C[C@H](C3)[C@H]3CCCC(=O)N3C4)nc2)CC1. The number of likely N-dealkylation sites (N-methyl/N-ethyl adjacent to an activating group) is 1. The Labute approximate surface area is 179 Å². The minimum absolute atomic E-state index is 0.0941. The van der Waals surface area contributed by atoms with Crippen LogP contribution >= 0.6 is 0 Å². The van der Waals surface area contributed by atoms with Crippen LogP contribution in [0.1, 0.15) is 43.0 Å². The van der Waals surface area contributed by atoms with E-state index < -0.39 is 0 Å². The zero-order valence-corrected chi connectivity index (χ0v) is 18.0. The first kappa shape index (κ1) is 19.8. The van der Waals surface area contributed by atoms with Crippen molar-refractivity contribution in [1.29, 1.82) is 0 Å². The molecule has 5 rings (SSSR count). The zero-order chi connectivity index (χ0) is 20.7. The smallest absolute Gasteiger partial charge is 0.255 e. The van der Waals surface area contributed by atoms with Crippen LogP contribution in [0.2, 0.25) is 0 Å².